The van der Waals surface area contributed by atoms with E-state index < -0.39 is 0 Å². The second-order valence-electron chi connectivity index (χ2n) is 4.53. The summed E-state index contributed by atoms with van der Waals surface area (Å²) in [6.45, 7) is 4.07. The highest BCUT2D eigenvalue weighted by atomic mass is 79.9. The average Bonchev–Trinajstić information content (AvgIpc) is 2.85. The monoisotopic (exact) mass is 327 g/mol. The third-order valence-electron chi connectivity index (χ3n) is 3.10. The van der Waals surface area contributed by atoms with E-state index >= 15 is 0 Å². The van der Waals surface area contributed by atoms with Crippen LogP contribution in [0.1, 0.15) is 32.2 Å². The maximum atomic E-state index is 13.3. The lowest BCUT2D eigenvalue weighted by Gasteiger charge is -2.12. The van der Waals surface area contributed by atoms with Crippen LogP contribution in [0.15, 0.2) is 27.2 Å². The molecule has 19 heavy (non-hydrogen) atoms. The molecule has 0 bridgehead atoms. The van der Waals surface area contributed by atoms with E-state index in [0.29, 0.717) is 21.8 Å². The Morgan fingerprint density at radius 2 is 2.16 bits per heavy atom. The van der Waals surface area contributed by atoms with Crippen molar-refractivity contribution in [1.82, 2.24) is 10.1 Å². The van der Waals surface area contributed by atoms with E-state index in [2.05, 4.69) is 26.1 Å². The van der Waals surface area contributed by atoms with Gasteiger partial charge >= 0.3 is 0 Å². The van der Waals surface area contributed by atoms with Crippen molar-refractivity contribution in [2.24, 2.45) is 11.7 Å². The van der Waals surface area contributed by atoms with E-state index in [0.717, 1.165) is 6.42 Å². The Bertz CT molecular complexity index is 553. The van der Waals surface area contributed by atoms with Gasteiger partial charge in [0, 0.05) is 10.0 Å². The molecule has 4 nitrogen and oxygen atoms in total. The Kier molecular flexibility index (Phi) is 4.31. The van der Waals surface area contributed by atoms with Gasteiger partial charge < -0.3 is 10.3 Å². The zero-order chi connectivity index (χ0) is 14.0. The zero-order valence-corrected chi connectivity index (χ0v) is 12.3. The Labute approximate surface area is 119 Å². The predicted molar refractivity (Wildman–Crippen MR) is 73.8 cm³/mol. The van der Waals surface area contributed by atoms with Crippen molar-refractivity contribution in [3.05, 3.63) is 34.4 Å². The van der Waals surface area contributed by atoms with E-state index in [-0.39, 0.29) is 17.8 Å². The lowest BCUT2D eigenvalue weighted by Crippen LogP contribution is -2.18. The average molecular weight is 328 g/mol. The molecule has 0 radical (unpaired) electrons. The lowest BCUT2D eigenvalue weighted by atomic mass is 10.0. The first-order chi connectivity index (χ1) is 9.01. The number of rotatable bonds is 4. The van der Waals surface area contributed by atoms with Crippen LogP contribution >= 0.6 is 15.9 Å². The molecule has 0 aliphatic heterocycles. The van der Waals surface area contributed by atoms with Gasteiger partial charge in [-0.3, -0.25) is 0 Å². The van der Waals surface area contributed by atoms with Crippen LogP contribution < -0.4 is 5.73 Å². The number of nitrogens with two attached hydrogens (primary N) is 1. The standard InChI is InChI=1S/C13H15BrFN3O/c1-3-7(2)11(16)13-17-12(18-19-13)8-4-9(14)6-10(15)5-8/h4-7,11H,3,16H2,1-2H3/t7-,11-/m0/s1. The van der Waals surface area contributed by atoms with Crippen molar-refractivity contribution in [3.63, 3.8) is 0 Å². The second kappa shape index (κ2) is 5.79. The number of halogens is 2. The molecular weight excluding hydrogens is 313 g/mol. The Morgan fingerprint density at radius 1 is 1.42 bits per heavy atom. The number of hydrogen-bond acceptors (Lipinski definition) is 4. The highest BCUT2D eigenvalue weighted by Crippen LogP contribution is 2.25. The molecule has 0 aliphatic carbocycles. The molecule has 2 atom stereocenters. The largest absolute Gasteiger partial charge is 0.337 e. The van der Waals surface area contributed by atoms with E-state index in [1.165, 1.54) is 12.1 Å². The molecule has 1 heterocycles. The summed E-state index contributed by atoms with van der Waals surface area (Å²) in [6.07, 6.45) is 0.921. The maximum absolute atomic E-state index is 13.3. The first kappa shape index (κ1) is 14.1. The quantitative estimate of drug-likeness (QED) is 0.930. The van der Waals surface area contributed by atoms with Crippen molar-refractivity contribution in [1.29, 1.82) is 0 Å². The third kappa shape index (κ3) is 3.19. The van der Waals surface area contributed by atoms with Crippen LogP contribution in [0.5, 0.6) is 0 Å². The minimum Gasteiger partial charge on any atom is -0.337 e. The number of aromatic nitrogens is 2. The fourth-order valence-corrected chi connectivity index (χ4v) is 2.13. The summed E-state index contributed by atoms with van der Waals surface area (Å²) in [5.74, 6) is 0.605. The third-order valence-corrected chi connectivity index (χ3v) is 3.56. The van der Waals surface area contributed by atoms with Crippen LogP contribution in [-0.4, -0.2) is 10.1 Å². The molecule has 1 aromatic carbocycles. The summed E-state index contributed by atoms with van der Waals surface area (Å²) in [5.41, 5.74) is 6.57. The molecule has 0 saturated heterocycles. The molecule has 2 aromatic rings. The number of hydrogen-bond donors (Lipinski definition) is 1. The maximum Gasteiger partial charge on any atom is 0.244 e. The van der Waals surface area contributed by atoms with Crippen LogP contribution in [-0.2, 0) is 0 Å². The minimum atomic E-state index is -0.359. The first-order valence-corrected chi connectivity index (χ1v) is 6.86. The fourth-order valence-electron chi connectivity index (χ4n) is 1.67. The van der Waals surface area contributed by atoms with Crippen LogP contribution in [0.4, 0.5) is 4.39 Å². The van der Waals surface area contributed by atoms with Gasteiger partial charge in [-0.25, -0.2) is 4.39 Å². The molecule has 0 saturated carbocycles. The normalized spacial score (nSPS) is 14.4. The number of nitrogens with zero attached hydrogens (tertiary/aromatic N) is 2. The van der Waals surface area contributed by atoms with E-state index in [9.17, 15) is 4.39 Å². The summed E-state index contributed by atoms with van der Waals surface area (Å²) in [6, 6.07) is 4.15. The molecule has 2 N–H and O–H groups in total. The molecule has 6 heteroatoms. The summed E-state index contributed by atoms with van der Waals surface area (Å²) >= 11 is 3.23. The molecule has 0 unspecified atom stereocenters. The molecular formula is C13H15BrFN3O. The van der Waals surface area contributed by atoms with Gasteiger partial charge in [0.25, 0.3) is 0 Å². The topological polar surface area (TPSA) is 64.9 Å². The predicted octanol–water partition coefficient (Wildman–Crippen LogP) is 3.68. The van der Waals surface area contributed by atoms with Gasteiger partial charge in [-0.2, -0.15) is 4.98 Å². The van der Waals surface area contributed by atoms with E-state index in [1.807, 2.05) is 13.8 Å². The van der Waals surface area contributed by atoms with Gasteiger partial charge in [0.05, 0.1) is 6.04 Å². The fraction of sp³-hybridized carbons (Fsp3) is 0.385. The van der Waals surface area contributed by atoms with Crippen molar-refractivity contribution in [2.75, 3.05) is 0 Å². The lowest BCUT2D eigenvalue weighted by molar-refractivity contribution is 0.312. The van der Waals surface area contributed by atoms with Gasteiger partial charge in [-0.05, 0) is 24.1 Å². The highest BCUT2D eigenvalue weighted by molar-refractivity contribution is 9.10. The minimum absolute atomic E-state index is 0.243. The second-order valence-corrected chi connectivity index (χ2v) is 5.44. The van der Waals surface area contributed by atoms with Crippen LogP contribution in [0.25, 0.3) is 11.4 Å². The SMILES string of the molecule is CC[C@H](C)[C@H](N)c1nc(-c2cc(F)cc(Br)c2)no1. The van der Waals surface area contributed by atoms with Gasteiger partial charge in [0.2, 0.25) is 11.7 Å². The van der Waals surface area contributed by atoms with Crippen molar-refractivity contribution < 1.29 is 8.91 Å². The van der Waals surface area contributed by atoms with Crippen molar-refractivity contribution in [2.45, 2.75) is 26.3 Å². The Morgan fingerprint density at radius 3 is 2.79 bits per heavy atom. The van der Waals surface area contributed by atoms with Crippen molar-refractivity contribution in [3.8, 4) is 11.4 Å². The highest BCUT2D eigenvalue weighted by Gasteiger charge is 2.20. The smallest absolute Gasteiger partial charge is 0.244 e. The first-order valence-electron chi connectivity index (χ1n) is 6.07. The van der Waals surface area contributed by atoms with Crippen molar-refractivity contribution >= 4 is 15.9 Å². The summed E-state index contributed by atoms with van der Waals surface area (Å²) in [7, 11) is 0. The van der Waals surface area contributed by atoms with Crippen LogP contribution in [0.2, 0.25) is 0 Å². The molecule has 0 fully saturated rings. The van der Waals surface area contributed by atoms with Gasteiger partial charge in [0.15, 0.2) is 0 Å². The van der Waals surface area contributed by atoms with Gasteiger partial charge in [0.1, 0.15) is 5.82 Å². The van der Waals surface area contributed by atoms with E-state index in [4.69, 9.17) is 10.3 Å². The number of benzene rings is 1. The van der Waals surface area contributed by atoms with E-state index in [1.54, 1.807) is 6.07 Å². The Balaban J connectivity index is 2.30. The molecule has 2 rings (SSSR count). The molecule has 0 aliphatic rings. The van der Waals surface area contributed by atoms with Gasteiger partial charge in [-0.15, -0.1) is 0 Å². The summed E-state index contributed by atoms with van der Waals surface area (Å²) < 4.78 is 19.1. The zero-order valence-electron chi connectivity index (χ0n) is 10.7. The molecule has 1 aromatic heterocycles. The summed E-state index contributed by atoms with van der Waals surface area (Å²) in [4.78, 5) is 4.24. The van der Waals surface area contributed by atoms with Gasteiger partial charge in [-0.1, -0.05) is 41.4 Å². The van der Waals surface area contributed by atoms with Crippen LogP contribution in [0.3, 0.4) is 0 Å². The molecule has 0 spiro atoms. The molecule has 102 valence electrons. The van der Waals surface area contributed by atoms with Crippen LogP contribution in [0, 0.1) is 11.7 Å². The molecule has 0 amide bonds. The summed E-state index contributed by atoms with van der Waals surface area (Å²) in [5, 5.41) is 3.85. The Hall–Kier alpha value is -1.27.